The van der Waals surface area contributed by atoms with Gasteiger partial charge in [-0.15, -0.1) is 0 Å². The summed E-state index contributed by atoms with van der Waals surface area (Å²) in [7, 11) is 0. The first-order valence-electron chi connectivity index (χ1n) is 6.13. The molecule has 0 atom stereocenters. The van der Waals surface area contributed by atoms with E-state index >= 15 is 0 Å². The predicted octanol–water partition coefficient (Wildman–Crippen LogP) is 5.36. The van der Waals surface area contributed by atoms with E-state index in [9.17, 15) is 0 Å². The molecule has 0 amide bonds. The Hall–Kier alpha value is -2.08. The molecule has 0 fully saturated rings. The lowest BCUT2D eigenvalue weighted by atomic mass is 10.2. The topological polar surface area (TPSA) is 0 Å². The summed E-state index contributed by atoms with van der Waals surface area (Å²) in [5.74, 6) is 0. The molecule has 0 heteroatoms. The van der Waals surface area contributed by atoms with Crippen LogP contribution in [0.4, 0.5) is 0 Å². The third-order valence-corrected chi connectivity index (χ3v) is 2.47. The molecule has 0 spiro atoms. The normalized spacial score (nSPS) is 9.67. The molecule has 2 rings (SSSR count). The molecule has 2 aromatic carbocycles. The summed E-state index contributed by atoms with van der Waals surface area (Å²) in [6, 6.07) is 18.5. The molecule has 0 saturated heterocycles. The Balaban J connectivity index is 0.000000180. The summed E-state index contributed by atoms with van der Waals surface area (Å²) in [6.07, 6.45) is 5.97. The molecule has 0 unspecified atom stereocenters. The summed E-state index contributed by atoms with van der Waals surface area (Å²) in [5, 5.41) is 0. The quantitative estimate of drug-likeness (QED) is 0.658. The summed E-state index contributed by atoms with van der Waals surface area (Å²) in [6.45, 7) is 7.76. The van der Waals surface area contributed by atoms with E-state index in [1.165, 1.54) is 16.7 Å². The Morgan fingerprint density at radius 3 is 1.94 bits per heavy atom. The number of allylic oxidation sites excluding steroid dienone is 1. The molecule has 0 bridgehead atoms. The van der Waals surface area contributed by atoms with Gasteiger partial charge in [-0.05, 0) is 25.0 Å². The maximum atomic E-state index is 3.66. The van der Waals surface area contributed by atoms with Crippen molar-refractivity contribution in [2.75, 3.05) is 0 Å². The van der Waals surface area contributed by atoms with E-state index in [1.54, 1.807) is 0 Å². The SMILES string of the molecule is C=Cc1ccc(C)cc1.CC=Cc1ccccc1. The van der Waals surface area contributed by atoms with Crippen molar-refractivity contribution in [2.24, 2.45) is 0 Å². The number of rotatable bonds is 2. The zero-order valence-corrected chi connectivity index (χ0v) is 11.1. The molecule has 0 aliphatic carbocycles. The van der Waals surface area contributed by atoms with Crippen molar-refractivity contribution in [1.82, 2.24) is 0 Å². The van der Waals surface area contributed by atoms with Gasteiger partial charge < -0.3 is 0 Å². The minimum Gasteiger partial charge on any atom is -0.0985 e. The van der Waals surface area contributed by atoms with Gasteiger partial charge in [0.1, 0.15) is 0 Å². The highest BCUT2D eigenvalue weighted by molar-refractivity contribution is 5.48. The second-order valence-corrected chi connectivity index (χ2v) is 4.03. The molecule has 92 valence electrons. The number of benzene rings is 2. The first-order chi connectivity index (χ1) is 8.76. The van der Waals surface area contributed by atoms with Crippen molar-refractivity contribution >= 4 is 12.2 Å². The van der Waals surface area contributed by atoms with Crippen LogP contribution in [0.15, 0.2) is 67.3 Å². The van der Waals surface area contributed by atoms with Gasteiger partial charge in [-0.1, -0.05) is 85.0 Å². The Morgan fingerprint density at radius 1 is 0.833 bits per heavy atom. The van der Waals surface area contributed by atoms with Gasteiger partial charge >= 0.3 is 0 Å². The van der Waals surface area contributed by atoms with Crippen molar-refractivity contribution in [3.8, 4) is 0 Å². The van der Waals surface area contributed by atoms with E-state index < -0.39 is 0 Å². The summed E-state index contributed by atoms with van der Waals surface area (Å²) in [5.41, 5.74) is 3.74. The summed E-state index contributed by atoms with van der Waals surface area (Å²) < 4.78 is 0. The number of aryl methyl sites for hydroxylation is 1. The van der Waals surface area contributed by atoms with E-state index in [-0.39, 0.29) is 0 Å². The fraction of sp³-hybridized carbons (Fsp3) is 0.111. The van der Waals surface area contributed by atoms with Crippen molar-refractivity contribution in [3.63, 3.8) is 0 Å². The lowest BCUT2D eigenvalue weighted by Gasteiger charge is -1.91. The minimum absolute atomic E-state index is 1.18. The van der Waals surface area contributed by atoms with Gasteiger partial charge in [0.15, 0.2) is 0 Å². The maximum absolute atomic E-state index is 3.66. The van der Waals surface area contributed by atoms with Crippen molar-refractivity contribution < 1.29 is 0 Å². The Morgan fingerprint density at radius 2 is 1.44 bits per heavy atom. The zero-order valence-electron chi connectivity index (χ0n) is 11.1. The molecule has 0 aliphatic heterocycles. The van der Waals surface area contributed by atoms with Crippen LogP contribution >= 0.6 is 0 Å². The highest BCUT2D eigenvalue weighted by atomic mass is 13.9. The molecule has 0 aliphatic rings. The van der Waals surface area contributed by atoms with E-state index in [2.05, 4.69) is 56.0 Å². The fourth-order valence-corrected chi connectivity index (χ4v) is 1.46. The van der Waals surface area contributed by atoms with Gasteiger partial charge in [0.2, 0.25) is 0 Å². The fourth-order valence-electron chi connectivity index (χ4n) is 1.46. The van der Waals surface area contributed by atoms with Crippen LogP contribution in [0.5, 0.6) is 0 Å². The number of hydrogen-bond acceptors (Lipinski definition) is 0. The van der Waals surface area contributed by atoms with Crippen LogP contribution in [-0.2, 0) is 0 Å². The van der Waals surface area contributed by atoms with Crippen LogP contribution in [0, 0.1) is 6.92 Å². The molecular weight excluding hydrogens is 216 g/mol. The molecule has 0 N–H and O–H groups in total. The summed E-state index contributed by atoms with van der Waals surface area (Å²) >= 11 is 0. The monoisotopic (exact) mass is 236 g/mol. The van der Waals surface area contributed by atoms with Gasteiger partial charge in [-0.3, -0.25) is 0 Å². The van der Waals surface area contributed by atoms with Crippen LogP contribution < -0.4 is 0 Å². The molecule has 0 nitrogen and oxygen atoms in total. The second kappa shape index (κ2) is 8.08. The van der Waals surface area contributed by atoms with Crippen molar-refractivity contribution in [3.05, 3.63) is 83.9 Å². The van der Waals surface area contributed by atoms with Crippen LogP contribution in [0.1, 0.15) is 23.6 Å². The predicted molar refractivity (Wildman–Crippen MR) is 82.4 cm³/mol. The minimum atomic E-state index is 1.18. The average molecular weight is 236 g/mol. The van der Waals surface area contributed by atoms with Crippen LogP contribution in [0.3, 0.4) is 0 Å². The highest BCUT2D eigenvalue weighted by Gasteiger charge is 1.82. The molecule has 0 radical (unpaired) electrons. The largest absolute Gasteiger partial charge is 0.0985 e. The van der Waals surface area contributed by atoms with Crippen molar-refractivity contribution in [2.45, 2.75) is 13.8 Å². The lowest BCUT2D eigenvalue weighted by Crippen LogP contribution is -1.71. The first-order valence-corrected chi connectivity index (χ1v) is 6.13. The molecule has 0 aromatic heterocycles. The highest BCUT2D eigenvalue weighted by Crippen LogP contribution is 2.02. The third-order valence-electron chi connectivity index (χ3n) is 2.47. The third kappa shape index (κ3) is 5.31. The van der Waals surface area contributed by atoms with Gasteiger partial charge in [0.25, 0.3) is 0 Å². The van der Waals surface area contributed by atoms with Crippen LogP contribution in [0.2, 0.25) is 0 Å². The second-order valence-electron chi connectivity index (χ2n) is 4.03. The maximum Gasteiger partial charge on any atom is -0.0260 e. The van der Waals surface area contributed by atoms with Gasteiger partial charge in [0, 0.05) is 0 Å². The first kappa shape index (κ1) is 14.0. The van der Waals surface area contributed by atoms with Gasteiger partial charge in [-0.2, -0.15) is 0 Å². The molecule has 18 heavy (non-hydrogen) atoms. The standard InChI is InChI=1S/2C9H10/c1-3-9-6-4-8(2)5-7-9;1-2-6-9-7-4-3-5-8-9/h3-7H,1H2,2H3;2-8H,1H3. The van der Waals surface area contributed by atoms with Gasteiger partial charge in [0.05, 0.1) is 0 Å². The van der Waals surface area contributed by atoms with E-state index in [0.29, 0.717) is 0 Å². The van der Waals surface area contributed by atoms with Crippen molar-refractivity contribution in [1.29, 1.82) is 0 Å². The van der Waals surface area contributed by atoms with E-state index in [4.69, 9.17) is 0 Å². The Bertz CT molecular complexity index is 475. The Kier molecular flexibility index (Phi) is 6.27. The molecule has 0 saturated carbocycles. The molecule has 0 heterocycles. The van der Waals surface area contributed by atoms with E-state index in [0.717, 1.165) is 0 Å². The van der Waals surface area contributed by atoms with Gasteiger partial charge in [-0.25, -0.2) is 0 Å². The average Bonchev–Trinajstić information content (AvgIpc) is 2.42. The Labute approximate surface area is 110 Å². The molecule has 2 aromatic rings. The smallest absolute Gasteiger partial charge is 0.0260 e. The zero-order chi connectivity index (χ0) is 13.2. The van der Waals surface area contributed by atoms with Crippen LogP contribution in [0.25, 0.3) is 12.2 Å². The van der Waals surface area contributed by atoms with Crippen LogP contribution in [-0.4, -0.2) is 0 Å². The number of hydrogen-bond donors (Lipinski definition) is 0. The van der Waals surface area contributed by atoms with E-state index in [1.807, 2.05) is 37.3 Å². The lowest BCUT2D eigenvalue weighted by molar-refractivity contribution is 1.46. The molecular formula is C18H20. The summed E-state index contributed by atoms with van der Waals surface area (Å²) in [4.78, 5) is 0.